The van der Waals surface area contributed by atoms with Gasteiger partial charge >= 0.3 is 14.6 Å². The third-order valence-corrected chi connectivity index (χ3v) is 11.0. The van der Waals surface area contributed by atoms with E-state index in [4.69, 9.17) is 28.9 Å². The molecular weight excluding hydrogens is 668 g/mol. The molecule has 272 valence electrons. The smallest absolute Gasteiger partial charge is 0.427 e. The van der Waals surface area contributed by atoms with Crippen molar-refractivity contribution in [3.05, 3.63) is 127 Å². The molecule has 1 aliphatic heterocycles. The van der Waals surface area contributed by atoms with E-state index in [9.17, 15) is 5.11 Å². The summed E-state index contributed by atoms with van der Waals surface area (Å²) in [5, 5.41) is 10.8. The number of aliphatic hydroxyl groups is 1. The molecule has 1 saturated heterocycles. The fourth-order valence-corrected chi connectivity index (χ4v) is 6.13. The highest BCUT2D eigenvalue weighted by molar-refractivity contribution is 6.63. The summed E-state index contributed by atoms with van der Waals surface area (Å²) >= 11 is 0. The van der Waals surface area contributed by atoms with E-state index < -0.39 is 29.5 Å². The van der Waals surface area contributed by atoms with Gasteiger partial charge < -0.3 is 19.1 Å². The maximum atomic E-state index is 10.8. The van der Waals surface area contributed by atoms with E-state index in [0.29, 0.717) is 17.5 Å². The summed E-state index contributed by atoms with van der Waals surface area (Å²) in [6, 6.07) is 43.3. The monoisotopic (exact) mass is 715 g/mol. The molecule has 0 aliphatic carbocycles. The molecule has 1 N–H and O–H groups in total. The summed E-state index contributed by atoms with van der Waals surface area (Å²) in [5.74, 6) is 1.63. The molecule has 7 rings (SSSR count). The van der Waals surface area contributed by atoms with Crippen molar-refractivity contribution >= 4 is 25.5 Å². The van der Waals surface area contributed by atoms with Crippen molar-refractivity contribution in [2.24, 2.45) is 0 Å². The van der Waals surface area contributed by atoms with Gasteiger partial charge in [-0.2, -0.15) is 0 Å². The molecule has 1 fully saturated rings. The van der Waals surface area contributed by atoms with Crippen molar-refractivity contribution < 1.29 is 19.1 Å². The molecule has 0 amide bonds. The number of hydrogen-bond acceptors (Lipinski definition) is 7. The van der Waals surface area contributed by atoms with Crippen LogP contribution < -0.4 is 10.9 Å². The van der Waals surface area contributed by atoms with Gasteiger partial charge in [-0.1, -0.05) is 133 Å². The van der Waals surface area contributed by atoms with E-state index in [1.54, 1.807) is 13.8 Å². The summed E-state index contributed by atoms with van der Waals surface area (Å²) in [4.78, 5) is 15.2. The van der Waals surface area contributed by atoms with Gasteiger partial charge in [-0.05, 0) is 83.1 Å². The van der Waals surface area contributed by atoms with Crippen molar-refractivity contribution in [1.82, 2.24) is 15.0 Å². The zero-order valence-corrected chi connectivity index (χ0v) is 32.4. The zero-order chi connectivity index (χ0) is 38.3. The highest BCUT2D eigenvalue weighted by Crippen LogP contribution is 2.37. The predicted octanol–water partition coefficient (Wildman–Crippen LogP) is 8.05. The topological polar surface area (TPSA) is 86.6 Å². The molecule has 9 heteroatoms. The number of rotatable bonds is 10. The maximum Gasteiger partial charge on any atom is 0.494 e. The summed E-state index contributed by atoms with van der Waals surface area (Å²) in [6.45, 7) is 15.5. The van der Waals surface area contributed by atoms with Crippen LogP contribution in [0.4, 0.5) is 0 Å². The molecule has 0 bridgehead atoms. The van der Waals surface area contributed by atoms with Gasteiger partial charge in [0.2, 0.25) is 0 Å². The molecule has 1 aromatic heterocycles. The molecular formula is C45H47B2N3O4. The van der Waals surface area contributed by atoms with Gasteiger partial charge in [0.15, 0.2) is 17.5 Å². The number of nitrogens with zero attached hydrogens (tertiary/aromatic N) is 3. The molecule has 0 spiro atoms. The Bertz CT molecular complexity index is 2120. The van der Waals surface area contributed by atoms with E-state index in [-0.39, 0.29) is 7.48 Å². The van der Waals surface area contributed by atoms with E-state index in [0.717, 1.165) is 49.9 Å². The first-order valence-corrected chi connectivity index (χ1v) is 18.5. The van der Waals surface area contributed by atoms with E-state index >= 15 is 0 Å². The van der Waals surface area contributed by atoms with Crippen LogP contribution in [0.5, 0.6) is 0 Å². The van der Waals surface area contributed by atoms with Crippen molar-refractivity contribution in [1.29, 1.82) is 0 Å². The van der Waals surface area contributed by atoms with Crippen molar-refractivity contribution in [3.8, 4) is 56.4 Å². The first-order chi connectivity index (χ1) is 25.6. The lowest BCUT2D eigenvalue weighted by molar-refractivity contribution is -0.0893. The number of hydrogen-bond donors (Lipinski definition) is 1. The minimum atomic E-state index is -1.07. The normalized spacial score (nSPS) is 15.3. The molecule has 6 aromatic rings. The van der Waals surface area contributed by atoms with Crippen LogP contribution in [-0.4, -0.2) is 57.1 Å². The maximum absolute atomic E-state index is 10.8. The Kier molecular flexibility index (Phi) is 9.96. The van der Waals surface area contributed by atoms with Crippen LogP contribution in [0.3, 0.4) is 0 Å². The zero-order valence-electron chi connectivity index (χ0n) is 32.4. The average molecular weight is 716 g/mol. The van der Waals surface area contributed by atoms with Crippen LogP contribution in [0, 0.1) is 0 Å². The first-order valence-electron chi connectivity index (χ1n) is 18.5. The van der Waals surface area contributed by atoms with Gasteiger partial charge in [-0.15, -0.1) is 0 Å². The van der Waals surface area contributed by atoms with Crippen LogP contribution in [0.2, 0.25) is 0 Å². The largest absolute Gasteiger partial charge is 0.494 e. The fourth-order valence-electron chi connectivity index (χ4n) is 6.13. The van der Waals surface area contributed by atoms with E-state index in [1.165, 1.54) is 0 Å². The van der Waals surface area contributed by atoms with Crippen LogP contribution in [0.25, 0.3) is 56.4 Å². The molecule has 0 saturated carbocycles. The Morgan fingerprint density at radius 2 is 0.926 bits per heavy atom. The predicted molar refractivity (Wildman–Crippen MR) is 221 cm³/mol. The van der Waals surface area contributed by atoms with Gasteiger partial charge in [0, 0.05) is 16.7 Å². The highest BCUT2D eigenvalue weighted by atomic mass is 16.7. The standard InChI is InChI=1S/C45H47B2N3O4/c1-42(2,51)43(3,4)52-46-37-27-36(28-38(29-37)47-53-44(5,6)45(7,8)54-47)41-49-39(34-23-19-32(20-24-34)30-15-11-9-12-16-30)48-40(50-41)35-25-21-33(22-26-35)31-17-13-10-14-18-31/h9-29,46,51H,1-8H3. The molecule has 2 heterocycles. The van der Waals surface area contributed by atoms with Gasteiger partial charge in [0.1, 0.15) is 0 Å². The van der Waals surface area contributed by atoms with Gasteiger partial charge in [-0.3, -0.25) is 0 Å². The van der Waals surface area contributed by atoms with Gasteiger partial charge in [0.05, 0.1) is 22.4 Å². The third-order valence-electron chi connectivity index (χ3n) is 11.0. The van der Waals surface area contributed by atoms with Gasteiger partial charge in [-0.25, -0.2) is 15.0 Å². The molecule has 0 radical (unpaired) electrons. The van der Waals surface area contributed by atoms with E-state index in [2.05, 4.69) is 72.8 Å². The average Bonchev–Trinajstić information content (AvgIpc) is 3.40. The third kappa shape index (κ3) is 7.82. The Morgan fingerprint density at radius 1 is 0.537 bits per heavy atom. The van der Waals surface area contributed by atoms with Crippen LogP contribution in [-0.2, 0) is 14.0 Å². The van der Waals surface area contributed by atoms with E-state index in [1.807, 2.05) is 96.1 Å². The first kappa shape index (κ1) is 37.4. The quantitative estimate of drug-likeness (QED) is 0.144. The van der Waals surface area contributed by atoms with Gasteiger partial charge in [0.25, 0.3) is 0 Å². The Morgan fingerprint density at radius 3 is 1.35 bits per heavy atom. The van der Waals surface area contributed by atoms with Crippen LogP contribution in [0.15, 0.2) is 127 Å². The molecule has 0 atom stereocenters. The molecule has 7 nitrogen and oxygen atoms in total. The lowest BCUT2D eigenvalue weighted by Gasteiger charge is -2.37. The Balaban J connectivity index is 1.34. The summed E-state index contributed by atoms with van der Waals surface area (Å²) in [5.41, 5.74) is 5.77. The van der Waals surface area contributed by atoms with Crippen molar-refractivity contribution in [3.63, 3.8) is 0 Å². The minimum Gasteiger partial charge on any atom is -0.427 e. The molecule has 5 aromatic carbocycles. The second-order valence-corrected chi connectivity index (χ2v) is 16.1. The molecule has 0 unspecified atom stereocenters. The molecule has 54 heavy (non-hydrogen) atoms. The second kappa shape index (κ2) is 14.4. The lowest BCUT2D eigenvalue weighted by atomic mass is 9.73. The van der Waals surface area contributed by atoms with Crippen molar-refractivity contribution in [2.75, 3.05) is 0 Å². The minimum absolute atomic E-state index is 0.240. The Hall–Kier alpha value is -4.92. The highest BCUT2D eigenvalue weighted by Gasteiger charge is 2.52. The second-order valence-electron chi connectivity index (χ2n) is 16.1. The summed E-state index contributed by atoms with van der Waals surface area (Å²) in [6.07, 6.45) is 0. The molecule has 1 aliphatic rings. The Labute approximate surface area is 320 Å². The van der Waals surface area contributed by atoms with Crippen LogP contribution >= 0.6 is 0 Å². The fraction of sp³-hybridized carbons (Fsp3) is 0.267. The van der Waals surface area contributed by atoms with Crippen LogP contribution in [0.1, 0.15) is 55.4 Å². The summed E-state index contributed by atoms with van der Waals surface area (Å²) in [7, 11) is -0.378. The van der Waals surface area contributed by atoms with Crippen molar-refractivity contribution in [2.45, 2.75) is 77.8 Å². The summed E-state index contributed by atoms with van der Waals surface area (Å²) < 4.78 is 19.4. The SMILES string of the molecule is CC(C)(O)C(C)(C)OBc1cc(B2OC(C)(C)C(C)(C)O2)cc(-c2nc(-c3ccc(-c4ccccc4)cc3)nc(-c3ccc(-c4ccccc4)cc3)n2)c1. The number of aromatic nitrogens is 3. The number of benzene rings is 5. The lowest BCUT2D eigenvalue weighted by Crippen LogP contribution is -2.49.